The lowest BCUT2D eigenvalue weighted by molar-refractivity contribution is -0.110. The van der Waals surface area contributed by atoms with Crippen LogP contribution in [0.25, 0.3) is 27.7 Å². The van der Waals surface area contributed by atoms with Crippen molar-refractivity contribution in [1.29, 1.82) is 0 Å². The zero-order valence-corrected chi connectivity index (χ0v) is 22.9. The van der Waals surface area contributed by atoms with Crippen molar-refractivity contribution in [1.82, 2.24) is 9.78 Å². The Labute approximate surface area is 229 Å². The molecule has 1 heterocycles. The Kier molecular flexibility index (Phi) is 10.6. The highest BCUT2D eigenvalue weighted by atomic mass is 35.5. The topological polar surface area (TPSA) is 64.3 Å². The molecule has 5 aromatic rings. The number of aliphatic hydroxyl groups excluding tert-OH is 1. The van der Waals surface area contributed by atoms with Crippen molar-refractivity contribution in [2.75, 3.05) is 14.2 Å². The van der Waals surface area contributed by atoms with E-state index in [4.69, 9.17) is 26.5 Å². The average molecular weight is 529 g/mol. The maximum atomic E-state index is 11.0. The number of methoxy groups -OCH3 is 1. The van der Waals surface area contributed by atoms with E-state index in [0.717, 1.165) is 41.8 Å². The molecule has 196 valence electrons. The van der Waals surface area contributed by atoms with Crippen LogP contribution >= 0.6 is 11.6 Å². The SMILES string of the molecule is CO.COc1ccc(-n2nc(CC(C)C=O)cc2-c2ccccc2Cl)cc1.Cc1cccc2ccccc12. The Bertz CT molecular complexity index is 1460. The van der Waals surface area contributed by atoms with Crippen molar-refractivity contribution in [3.05, 3.63) is 113 Å². The van der Waals surface area contributed by atoms with Gasteiger partial charge in [-0.1, -0.05) is 79.2 Å². The third kappa shape index (κ3) is 7.09. The number of halogens is 1. The number of carbonyl (C=O) groups excluding carboxylic acids is 1. The molecule has 0 radical (unpaired) electrons. The second-order valence-electron chi connectivity index (χ2n) is 8.72. The molecule has 5 rings (SSSR count). The van der Waals surface area contributed by atoms with E-state index in [1.54, 1.807) is 7.11 Å². The number of fused-ring (bicyclic) bond motifs is 1. The van der Waals surface area contributed by atoms with Crippen molar-refractivity contribution >= 4 is 28.7 Å². The molecule has 5 nitrogen and oxygen atoms in total. The van der Waals surface area contributed by atoms with Crippen LogP contribution in [0.5, 0.6) is 5.75 Å². The molecule has 0 saturated heterocycles. The van der Waals surface area contributed by atoms with Gasteiger partial charge in [0, 0.05) is 30.0 Å². The van der Waals surface area contributed by atoms with Gasteiger partial charge in [0.1, 0.15) is 12.0 Å². The number of aryl methyl sites for hydroxylation is 1. The minimum Gasteiger partial charge on any atom is -0.497 e. The van der Waals surface area contributed by atoms with Crippen LogP contribution in [0.4, 0.5) is 0 Å². The number of carbonyl (C=O) groups is 1. The molecule has 0 aliphatic rings. The lowest BCUT2D eigenvalue weighted by Gasteiger charge is -2.09. The van der Waals surface area contributed by atoms with E-state index in [2.05, 4.69) is 49.4 Å². The summed E-state index contributed by atoms with van der Waals surface area (Å²) < 4.78 is 7.08. The van der Waals surface area contributed by atoms with Gasteiger partial charge in [0.15, 0.2) is 0 Å². The largest absolute Gasteiger partial charge is 0.497 e. The van der Waals surface area contributed by atoms with Crippen LogP contribution in [-0.2, 0) is 11.2 Å². The Morgan fingerprint density at radius 3 is 2.26 bits per heavy atom. The van der Waals surface area contributed by atoms with Gasteiger partial charge in [-0.15, -0.1) is 0 Å². The van der Waals surface area contributed by atoms with E-state index in [1.807, 2.05) is 66.2 Å². The Balaban J connectivity index is 0.000000255. The molecule has 1 unspecified atom stereocenters. The first kappa shape index (κ1) is 28.6. The lowest BCUT2D eigenvalue weighted by Crippen LogP contribution is -2.03. The molecular weight excluding hydrogens is 496 g/mol. The first-order chi connectivity index (χ1) is 18.5. The number of benzene rings is 4. The van der Waals surface area contributed by atoms with Gasteiger partial charge in [-0.2, -0.15) is 5.10 Å². The Hall–Kier alpha value is -3.93. The predicted octanol–water partition coefficient (Wildman–Crippen LogP) is 7.34. The number of hydrogen-bond acceptors (Lipinski definition) is 4. The maximum absolute atomic E-state index is 11.0. The number of nitrogens with zero attached hydrogens (tertiary/aromatic N) is 2. The molecule has 0 bridgehead atoms. The highest BCUT2D eigenvalue weighted by molar-refractivity contribution is 6.33. The van der Waals surface area contributed by atoms with Crippen molar-refractivity contribution < 1.29 is 14.6 Å². The predicted molar refractivity (Wildman–Crippen MR) is 156 cm³/mol. The highest BCUT2D eigenvalue weighted by Crippen LogP contribution is 2.31. The second-order valence-corrected chi connectivity index (χ2v) is 9.13. The molecular formula is C32H33ClN2O3. The van der Waals surface area contributed by atoms with Crippen LogP contribution in [0.2, 0.25) is 5.02 Å². The smallest absolute Gasteiger partial charge is 0.123 e. The third-order valence-electron chi connectivity index (χ3n) is 6.00. The van der Waals surface area contributed by atoms with E-state index in [9.17, 15) is 4.79 Å². The molecule has 0 aliphatic heterocycles. The minimum atomic E-state index is -0.0849. The van der Waals surface area contributed by atoms with Gasteiger partial charge in [-0.05, 0) is 59.7 Å². The van der Waals surface area contributed by atoms with Crippen LogP contribution in [-0.4, -0.2) is 35.4 Å². The van der Waals surface area contributed by atoms with Gasteiger partial charge in [0.25, 0.3) is 0 Å². The van der Waals surface area contributed by atoms with E-state index in [1.165, 1.54) is 16.3 Å². The van der Waals surface area contributed by atoms with Crippen LogP contribution in [0, 0.1) is 12.8 Å². The van der Waals surface area contributed by atoms with Crippen molar-refractivity contribution in [3.8, 4) is 22.7 Å². The first-order valence-corrected chi connectivity index (χ1v) is 12.7. The highest BCUT2D eigenvalue weighted by Gasteiger charge is 2.15. The first-order valence-electron chi connectivity index (χ1n) is 12.3. The molecule has 0 saturated carbocycles. The molecule has 6 heteroatoms. The lowest BCUT2D eigenvalue weighted by atomic mass is 10.1. The normalized spacial score (nSPS) is 11.0. The van der Waals surface area contributed by atoms with Crippen LogP contribution < -0.4 is 4.74 Å². The summed E-state index contributed by atoms with van der Waals surface area (Å²) in [4.78, 5) is 11.0. The summed E-state index contributed by atoms with van der Waals surface area (Å²) in [6.45, 7) is 4.02. The molecule has 0 aliphatic carbocycles. The van der Waals surface area contributed by atoms with E-state index >= 15 is 0 Å². The van der Waals surface area contributed by atoms with Crippen LogP contribution in [0.1, 0.15) is 18.2 Å². The summed E-state index contributed by atoms with van der Waals surface area (Å²) in [7, 11) is 2.64. The molecule has 0 fully saturated rings. The number of aromatic nitrogens is 2. The molecule has 4 aromatic carbocycles. The van der Waals surface area contributed by atoms with Crippen molar-refractivity contribution in [2.24, 2.45) is 5.92 Å². The Morgan fingerprint density at radius 1 is 0.947 bits per heavy atom. The summed E-state index contributed by atoms with van der Waals surface area (Å²) >= 11 is 6.39. The maximum Gasteiger partial charge on any atom is 0.123 e. The second kappa shape index (κ2) is 14.1. The molecule has 38 heavy (non-hydrogen) atoms. The molecule has 1 aromatic heterocycles. The van der Waals surface area contributed by atoms with Gasteiger partial charge >= 0.3 is 0 Å². The van der Waals surface area contributed by atoms with Gasteiger partial charge < -0.3 is 14.6 Å². The zero-order chi connectivity index (χ0) is 27.5. The fourth-order valence-corrected chi connectivity index (χ4v) is 4.31. The fourth-order valence-electron chi connectivity index (χ4n) is 4.08. The third-order valence-corrected chi connectivity index (χ3v) is 6.33. The molecule has 0 amide bonds. The van der Waals surface area contributed by atoms with Crippen LogP contribution in [0.15, 0.2) is 97.1 Å². The number of rotatable bonds is 6. The fraction of sp³-hybridized carbons (Fsp3) is 0.188. The summed E-state index contributed by atoms with van der Waals surface area (Å²) in [6.07, 6.45) is 1.53. The number of ether oxygens (including phenoxy) is 1. The van der Waals surface area contributed by atoms with E-state index < -0.39 is 0 Å². The number of aldehydes is 1. The molecule has 0 spiro atoms. The van der Waals surface area contributed by atoms with Crippen molar-refractivity contribution in [2.45, 2.75) is 20.3 Å². The summed E-state index contributed by atoms with van der Waals surface area (Å²) in [5.41, 5.74) is 4.90. The summed E-state index contributed by atoms with van der Waals surface area (Å²) in [5.74, 6) is 0.698. The van der Waals surface area contributed by atoms with E-state index in [0.29, 0.717) is 11.4 Å². The van der Waals surface area contributed by atoms with Gasteiger partial charge in [-0.3, -0.25) is 0 Å². The van der Waals surface area contributed by atoms with Gasteiger partial charge in [-0.25, -0.2) is 4.68 Å². The van der Waals surface area contributed by atoms with Gasteiger partial charge in [0.2, 0.25) is 0 Å². The standard InChI is InChI=1S/C20H19ClN2O2.C11H10.CH4O/c1-14(13-24)11-15-12-20(18-5-3-4-6-19(18)21)23(22-15)16-7-9-17(25-2)10-8-16;1-9-5-4-7-10-6-2-3-8-11(9)10;1-2/h3-10,12-14H,11H2,1-2H3;2-8H,1H3;2H,1H3. The van der Waals surface area contributed by atoms with E-state index in [-0.39, 0.29) is 5.92 Å². The Morgan fingerprint density at radius 2 is 1.61 bits per heavy atom. The number of aliphatic hydroxyl groups is 1. The monoisotopic (exact) mass is 528 g/mol. The average Bonchev–Trinajstić information content (AvgIpc) is 3.38. The van der Waals surface area contributed by atoms with Gasteiger partial charge in [0.05, 0.1) is 24.2 Å². The summed E-state index contributed by atoms with van der Waals surface area (Å²) in [5, 5.41) is 15.0. The molecule has 1 atom stereocenters. The quantitative estimate of drug-likeness (QED) is 0.234. The summed E-state index contributed by atoms with van der Waals surface area (Å²) in [6, 6.07) is 32.1. The van der Waals surface area contributed by atoms with Crippen LogP contribution in [0.3, 0.4) is 0 Å². The molecule has 1 N–H and O–H groups in total. The number of hydrogen-bond donors (Lipinski definition) is 1. The minimum absolute atomic E-state index is 0.0849. The van der Waals surface area contributed by atoms with Crippen molar-refractivity contribution in [3.63, 3.8) is 0 Å². The zero-order valence-electron chi connectivity index (χ0n) is 22.1.